The third-order valence-electron chi connectivity index (χ3n) is 1.71. The highest BCUT2D eigenvalue weighted by Gasteiger charge is 2.39. The van der Waals surface area contributed by atoms with Crippen LogP contribution in [-0.4, -0.2) is 35.5 Å². The molecule has 6 heteroatoms. The molecule has 0 saturated carbocycles. The lowest BCUT2D eigenvalue weighted by molar-refractivity contribution is -0.143. The predicted molar refractivity (Wildman–Crippen MR) is 45.0 cm³/mol. The highest BCUT2D eigenvalue weighted by Crippen LogP contribution is 2.06. The fourth-order valence-electron chi connectivity index (χ4n) is 0.969. The molecule has 0 aromatic heterocycles. The molecule has 1 fully saturated rings. The first kappa shape index (κ1) is 10.4. The maximum Gasteiger partial charge on any atom is 0.331 e. The van der Waals surface area contributed by atoms with Crippen LogP contribution in [0.3, 0.4) is 0 Å². The van der Waals surface area contributed by atoms with Gasteiger partial charge in [-0.3, -0.25) is 19.8 Å². The highest BCUT2D eigenvalue weighted by atomic mass is 19.1. The lowest BCUT2D eigenvalue weighted by Crippen LogP contribution is -2.59. The van der Waals surface area contributed by atoms with Crippen LogP contribution < -0.4 is 5.32 Å². The van der Waals surface area contributed by atoms with E-state index in [9.17, 15) is 18.8 Å². The van der Waals surface area contributed by atoms with E-state index in [-0.39, 0.29) is 6.54 Å². The van der Waals surface area contributed by atoms with Crippen LogP contribution in [0.5, 0.6) is 0 Å². The molecule has 0 aromatic rings. The van der Waals surface area contributed by atoms with Gasteiger partial charge in [0, 0.05) is 6.54 Å². The Hall–Kier alpha value is -1.72. The number of hydrogen-bond acceptors (Lipinski definition) is 3. The first-order chi connectivity index (χ1) is 6.57. The Bertz CT molecular complexity index is 314. The number of amides is 4. The molecule has 1 saturated heterocycles. The van der Waals surface area contributed by atoms with Crippen molar-refractivity contribution in [3.05, 3.63) is 12.2 Å². The minimum Gasteiger partial charge on any atom is -0.275 e. The summed E-state index contributed by atoms with van der Waals surface area (Å²) in [6, 6.07) is -0.882. The topological polar surface area (TPSA) is 66.5 Å². The van der Waals surface area contributed by atoms with E-state index in [1.807, 2.05) is 0 Å². The maximum atomic E-state index is 12.8. The van der Waals surface area contributed by atoms with Gasteiger partial charge in [-0.25, -0.2) is 9.18 Å². The lowest BCUT2D eigenvalue weighted by Gasteiger charge is -2.25. The van der Waals surface area contributed by atoms with E-state index >= 15 is 0 Å². The standard InChI is InChI=1S/C8H9FN2O3/c1-2-3-4-11-7(13)5(9)6(12)10-8(11)14/h2-3,5H,4H2,1H3,(H,10,12,14)/b3-2+. The molecular formula is C8H9FN2O3. The molecule has 0 aliphatic carbocycles. The van der Waals surface area contributed by atoms with Crippen molar-refractivity contribution in [1.29, 1.82) is 0 Å². The molecule has 1 heterocycles. The SMILES string of the molecule is C/C=C/CN1C(=O)NC(=O)C(F)C1=O. The molecule has 0 radical (unpaired) electrons. The number of halogens is 1. The molecule has 0 bridgehead atoms. The van der Waals surface area contributed by atoms with E-state index < -0.39 is 24.0 Å². The van der Waals surface area contributed by atoms with E-state index in [2.05, 4.69) is 0 Å². The summed E-state index contributed by atoms with van der Waals surface area (Å²) >= 11 is 0. The van der Waals surface area contributed by atoms with Crippen molar-refractivity contribution in [2.75, 3.05) is 6.54 Å². The molecule has 0 spiro atoms. The van der Waals surface area contributed by atoms with Crippen LogP contribution in [0.1, 0.15) is 6.92 Å². The second-order valence-electron chi connectivity index (χ2n) is 2.67. The summed E-state index contributed by atoms with van der Waals surface area (Å²) in [5.41, 5.74) is 0. The average Bonchev–Trinajstić information content (AvgIpc) is 2.14. The third kappa shape index (κ3) is 1.78. The van der Waals surface area contributed by atoms with E-state index in [0.29, 0.717) is 4.90 Å². The largest absolute Gasteiger partial charge is 0.331 e. The summed E-state index contributed by atoms with van der Waals surface area (Å²) < 4.78 is 12.8. The fourth-order valence-corrected chi connectivity index (χ4v) is 0.969. The van der Waals surface area contributed by atoms with Gasteiger partial charge in [-0.15, -0.1) is 0 Å². The molecule has 76 valence electrons. The van der Waals surface area contributed by atoms with Crippen LogP contribution in [0.4, 0.5) is 9.18 Å². The molecule has 14 heavy (non-hydrogen) atoms. The third-order valence-corrected chi connectivity index (χ3v) is 1.71. The first-order valence-corrected chi connectivity index (χ1v) is 3.99. The Kier molecular flexibility index (Phi) is 2.95. The summed E-state index contributed by atoms with van der Waals surface area (Å²) in [6.07, 6.45) is 0.850. The number of rotatable bonds is 2. The van der Waals surface area contributed by atoms with Crippen molar-refractivity contribution in [1.82, 2.24) is 10.2 Å². The zero-order valence-corrected chi connectivity index (χ0v) is 7.49. The van der Waals surface area contributed by atoms with Crippen LogP contribution in [0, 0.1) is 0 Å². The normalized spacial score (nSPS) is 23.1. The Morgan fingerprint density at radius 2 is 2.14 bits per heavy atom. The molecule has 1 aliphatic heterocycles. The molecule has 5 nitrogen and oxygen atoms in total. The summed E-state index contributed by atoms with van der Waals surface area (Å²) in [7, 11) is 0. The van der Waals surface area contributed by atoms with Crippen LogP contribution in [-0.2, 0) is 9.59 Å². The fraction of sp³-hybridized carbons (Fsp3) is 0.375. The minimum absolute atomic E-state index is 0.0329. The van der Waals surface area contributed by atoms with Crippen LogP contribution >= 0.6 is 0 Å². The number of alkyl halides is 1. The van der Waals surface area contributed by atoms with Crippen molar-refractivity contribution in [3.8, 4) is 0 Å². The van der Waals surface area contributed by atoms with E-state index in [1.165, 1.54) is 6.08 Å². The predicted octanol–water partition coefficient (Wildman–Crippen LogP) is -0.0210. The van der Waals surface area contributed by atoms with Gasteiger partial charge in [-0.05, 0) is 6.92 Å². The molecule has 1 aliphatic rings. The van der Waals surface area contributed by atoms with Gasteiger partial charge >= 0.3 is 6.03 Å². The average molecular weight is 200 g/mol. The van der Waals surface area contributed by atoms with Crippen molar-refractivity contribution in [2.45, 2.75) is 13.1 Å². The van der Waals surface area contributed by atoms with Gasteiger partial charge in [-0.2, -0.15) is 0 Å². The van der Waals surface area contributed by atoms with Gasteiger partial charge in [0.25, 0.3) is 18.0 Å². The lowest BCUT2D eigenvalue weighted by atomic mass is 10.2. The zero-order valence-electron chi connectivity index (χ0n) is 7.49. The summed E-state index contributed by atoms with van der Waals surface area (Å²) in [4.78, 5) is 33.4. The quantitative estimate of drug-likeness (QED) is 0.503. The van der Waals surface area contributed by atoms with E-state index in [4.69, 9.17) is 0 Å². The molecular weight excluding hydrogens is 191 g/mol. The number of nitrogens with one attached hydrogen (secondary N) is 1. The molecule has 1 rings (SSSR count). The van der Waals surface area contributed by atoms with Crippen molar-refractivity contribution in [3.63, 3.8) is 0 Å². The number of barbiturate groups is 1. The maximum absolute atomic E-state index is 12.8. The minimum atomic E-state index is -2.28. The van der Waals surface area contributed by atoms with E-state index in [0.717, 1.165) is 0 Å². The molecule has 1 unspecified atom stereocenters. The monoisotopic (exact) mass is 200 g/mol. The van der Waals surface area contributed by atoms with E-state index in [1.54, 1.807) is 18.3 Å². The van der Waals surface area contributed by atoms with Crippen molar-refractivity contribution >= 4 is 17.8 Å². The van der Waals surface area contributed by atoms with Gasteiger partial charge in [0.2, 0.25) is 0 Å². The summed E-state index contributed by atoms with van der Waals surface area (Å²) in [6.45, 7) is 1.67. The first-order valence-electron chi connectivity index (χ1n) is 3.99. The summed E-state index contributed by atoms with van der Waals surface area (Å²) in [5, 5.41) is 1.74. The molecule has 1 N–H and O–H groups in total. The van der Waals surface area contributed by atoms with Crippen LogP contribution in [0.2, 0.25) is 0 Å². The number of carbonyl (C=O) groups excluding carboxylic acids is 3. The zero-order chi connectivity index (χ0) is 10.7. The Labute approximate surface area is 79.6 Å². The Morgan fingerprint density at radius 1 is 1.50 bits per heavy atom. The van der Waals surface area contributed by atoms with Crippen molar-refractivity contribution in [2.24, 2.45) is 0 Å². The summed E-state index contributed by atoms with van der Waals surface area (Å²) in [5.74, 6) is -2.31. The van der Waals surface area contributed by atoms with Gasteiger partial charge in [0.05, 0.1) is 0 Å². The number of urea groups is 1. The van der Waals surface area contributed by atoms with Crippen molar-refractivity contribution < 1.29 is 18.8 Å². The number of carbonyl (C=O) groups is 3. The highest BCUT2D eigenvalue weighted by molar-refractivity contribution is 6.18. The smallest absolute Gasteiger partial charge is 0.275 e. The second-order valence-corrected chi connectivity index (χ2v) is 2.67. The van der Waals surface area contributed by atoms with Crippen LogP contribution in [0.15, 0.2) is 12.2 Å². The Balaban J connectivity index is 2.79. The number of imide groups is 2. The van der Waals surface area contributed by atoms with Gasteiger partial charge in [0.1, 0.15) is 0 Å². The Morgan fingerprint density at radius 3 is 2.71 bits per heavy atom. The number of hydrogen-bond donors (Lipinski definition) is 1. The number of allylic oxidation sites excluding steroid dienone is 1. The van der Waals surface area contributed by atoms with Gasteiger partial charge in [0.15, 0.2) is 0 Å². The number of nitrogens with zero attached hydrogens (tertiary/aromatic N) is 1. The molecule has 4 amide bonds. The van der Waals surface area contributed by atoms with Gasteiger partial charge < -0.3 is 0 Å². The van der Waals surface area contributed by atoms with Crippen LogP contribution in [0.25, 0.3) is 0 Å². The second kappa shape index (κ2) is 3.99. The molecule has 0 aromatic carbocycles. The molecule has 1 atom stereocenters. The van der Waals surface area contributed by atoms with Gasteiger partial charge in [-0.1, -0.05) is 12.2 Å².